The number of rotatable bonds is 12. The number of aromatic nitrogens is 3. The number of H-pyrrole nitrogens is 1. The highest BCUT2D eigenvalue weighted by molar-refractivity contribution is 6.33. The van der Waals surface area contributed by atoms with Crippen LogP contribution in [0.25, 0.3) is 22.4 Å². The minimum atomic E-state index is -0.647. The van der Waals surface area contributed by atoms with Crippen LogP contribution in [-0.4, -0.2) is 83.3 Å². The average molecular weight is 546 g/mol. The lowest BCUT2D eigenvalue weighted by molar-refractivity contribution is -0.121. The van der Waals surface area contributed by atoms with Crippen LogP contribution in [-0.2, 0) is 14.3 Å². The quantitative estimate of drug-likeness (QED) is 0.251. The zero-order valence-corrected chi connectivity index (χ0v) is 21.7. The fourth-order valence-corrected chi connectivity index (χ4v) is 4.87. The van der Waals surface area contributed by atoms with Crippen molar-refractivity contribution in [3.05, 3.63) is 35.4 Å². The van der Waals surface area contributed by atoms with Gasteiger partial charge in [0.1, 0.15) is 30.7 Å². The first-order chi connectivity index (χ1) is 18.5. The molecule has 1 aromatic carbocycles. The fourth-order valence-electron chi connectivity index (χ4n) is 4.61. The number of nitrogens with one attached hydrogen (secondary N) is 2. The summed E-state index contributed by atoms with van der Waals surface area (Å²) in [5, 5.41) is 13.2. The summed E-state index contributed by atoms with van der Waals surface area (Å²) < 4.78 is 22.9. The number of halogens is 1. The molecular formula is C26H32ClN5O6. The number of aliphatic hydroxyl groups excluding tert-OH is 1. The summed E-state index contributed by atoms with van der Waals surface area (Å²) in [7, 11) is 0. The summed E-state index contributed by atoms with van der Waals surface area (Å²) in [6.07, 6.45) is 1.51. The van der Waals surface area contributed by atoms with Gasteiger partial charge in [-0.05, 0) is 49.7 Å². The second-order valence-corrected chi connectivity index (χ2v) is 9.78. The average Bonchev–Trinajstić information content (AvgIpc) is 3.61. The molecule has 2 aromatic heterocycles. The first kappa shape index (κ1) is 26.6. The Balaban J connectivity index is 1.15. The lowest BCUT2D eigenvalue weighted by atomic mass is 10.1. The number of aliphatic hydroxyl groups is 1. The summed E-state index contributed by atoms with van der Waals surface area (Å²) >= 11 is 6.54. The van der Waals surface area contributed by atoms with Crippen molar-refractivity contribution < 1.29 is 28.8 Å². The molecule has 5 N–H and O–H groups in total. The van der Waals surface area contributed by atoms with Gasteiger partial charge in [-0.25, -0.2) is 4.98 Å². The van der Waals surface area contributed by atoms with Crippen LogP contribution in [0.5, 0.6) is 11.8 Å². The fraction of sp³-hybridized carbons (Fsp3) is 0.500. The normalized spacial score (nSPS) is 22.5. The lowest BCUT2D eigenvalue weighted by Gasteiger charge is -2.15. The minimum absolute atomic E-state index is 0.0236. The topological polar surface area (TPSA) is 154 Å². The molecule has 5 rings (SSSR count). The van der Waals surface area contributed by atoms with Gasteiger partial charge in [0.15, 0.2) is 11.8 Å². The molecule has 1 amide bonds. The number of imidazole rings is 1. The van der Waals surface area contributed by atoms with Gasteiger partial charge in [0, 0.05) is 12.0 Å². The Morgan fingerprint density at radius 3 is 2.79 bits per heavy atom. The van der Waals surface area contributed by atoms with E-state index in [9.17, 15) is 9.90 Å². The van der Waals surface area contributed by atoms with E-state index in [1.807, 2.05) is 24.3 Å². The van der Waals surface area contributed by atoms with Gasteiger partial charge in [0.05, 0.1) is 36.0 Å². The van der Waals surface area contributed by atoms with E-state index in [0.717, 1.165) is 24.8 Å². The van der Waals surface area contributed by atoms with E-state index in [1.165, 1.54) is 0 Å². The Labute approximate surface area is 225 Å². The summed E-state index contributed by atoms with van der Waals surface area (Å²) in [6, 6.07) is 9.44. The van der Waals surface area contributed by atoms with Crippen molar-refractivity contribution in [2.75, 3.05) is 32.9 Å². The third kappa shape index (κ3) is 6.19. The molecule has 12 heteroatoms. The Bertz CT molecular complexity index is 1240. The maximum Gasteiger partial charge on any atom is 0.296 e. The van der Waals surface area contributed by atoms with Crippen LogP contribution in [0.1, 0.15) is 25.7 Å². The van der Waals surface area contributed by atoms with Crippen LogP contribution in [0.3, 0.4) is 0 Å². The Morgan fingerprint density at radius 2 is 1.97 bits per heavy atom. The summed E-state index contributed by atoms with van der Waals surface area (Å²) in [5.41, 5.74) is 7.95. The number of carbonyl (C=O) groups excluding carboxylic acids is 1. The number of carbonyl (C=O) groups is 1. The number of nitrogens with zero attached hydrogens (tertiary/aromatic N) is 2. The zero-order chi connectivity index (χ0) is 26.5. The number of unbranched alkanes of at least 4 members (excludes halogenated alkanes) is 2. The van der Waals surface area contributed by atoms with Gasteiger partial charge in [-0.2, -0.15) is 4.98 Å². The van der Waals surface area contributed by atoms with Crippen molar-refractivity contribution >= 4 is 28.7 Å². The lowest BCUT2D eigenvalue weighted by Crippen LogP contribution is -2.34. The van der Waals surface area contributed by atoms with Gasteiger partial charge < -0.3 is 40.1 Å². The van der Waals surface area contributed by atoms with E-state index < -0.39 is 6.10 Å². The Morgan fingerprint density at radius 1 is 1.16 bits per heavy atom. The molecule has 4 atom stereocenters. The van der Waals surface area contributed by atoms with Crippen LogP contribution >= 0.6 is 11.6 Å². The molecule has 38 heavy (non-hydrogen) atoms. The third-order valence-corrected chi connectivity index (χ3v) is 6.87. The number of amides is 1. The van der Waals surface area contributed by atoms with E-state index in [0.29, 0.717) is 60.4 Å². The van der Waals surface area contributed by atoms with Gasteiger partial charge in [-0.3, -0.25) is 4.79 Å². The molecule has 4 heterocycles. The largest absolute Gasteiger partial charge is 0.492 e. The highest BCUT2D eigenvalue weighted by atomic mass is 35.5. The Hall–Kier alpha value is -2.96. The second kappa shape index (κ2) is 12.3. The monoisotopic (exact) mass is 545 g/mol. The van der Waals surface area contributed by atoms with Gasteiger partial charge in [-0.15, -0.1) is 0 Å². The standard InChI is InChI=1S/C26H32ClN5O6/c27-17-12-18-25(32-26(30-18)38-20-14-37-23-19(33)13-36-24(20)23)31-22(17)15-5-7-16(8-6-15)35-11-10-29-21(34)4-2-1-3-9-28/h5-8,12,19-20,23-24,33H,1-4,9-11,13-14,28H2,(H,29,34)(H,30,31,32)/t19-,20-,23-,24-/m1/s1. The van der Waals surface area contributed by atoms with Crippen molar-refractivity contribution in [3.8, 4) is 23.0 Å². The first-order valence-electron chi connectivity index (χ1n) is 12.9. The number of aromatic amines is 1. The molecule has 204 valence electrons. The van der Waals surface area contributed by atoms with Crippen molar-refractivity contribution in [1.29, 1.82) is 0 Å². The van der Waals surface area contributed by atoms with Crippen LogP contribution in [0.15, 0.2) is 30.3 Å². The van der Waals surface area contributed by atoms with Crippen molar-refractivity contribution in [2.45, 2.75) is 50.1 Å². The maximum absolute atomic E-state index is 11.8. The minimum Gasteiger partial charge on any atom is -0.492 e. The molecule has 11 nitrogen and oxygen atoms in total. The third-order valence-electron chi connectivity index (χ3n) is 6.58. The SMILES string of the molecule is NCCCCCC(=O)NCCOc1ccc(-c2nc3nc(O[C@@H]4CO[C@H]5[C@@H]4OC[C@H]5O)[nH]c3cc2Cl)cc1. The highest BCUT2D eigenvalue weighted by Crippen LogP contribution is 2.32. The summed E-state index contributed by atoms with van der Waals surface area (Å²) in [5.74, 6) is 0.699. The molecule has 2 aliphatic heterocycles. The van der Waals surface area contributed by atoms with Crippen LogP contribution in [0.2, 0.25) is 5.02 Å². The molecule has 0 saturated carbocycles. The number of pyridine rings is 1. The van der Waals surface area contributed by atoms with E-state index >= 15 is 0 Å². The van der Waals surface area contributed by atoms with E-state index in [-0.39, 0.29) is 36.8 Å². The number of benzene rings is 1. The zero-order valence-electron chi connectivity index (χ0n) is 20.9. The molecule has 2 saturated heterocycles. The number of nitrogens with two attached hydrogens (primary N) is 1. The predicted molar refractivity (Wildman–Crippen MR) is 140 cm³/mol. The molecule has 0 bridgehead atoms. The van der Waals surface area contributed by atoms with Crippen molar-refractivity contribution in [2.24, 2.45) is 5.73 Å². The van der Waals surface area contributed by atoms with Crippen molar-refractivity contribution in [3.63, 3.8) is 0 Å². The molecule has 0 spiro atoms. The van der Waals surface area contributed by atoms with Gasteiger partial charge in [0.25, 0.3) is 6.01 Å². The van der Waals surface area contributed by atoms with Gasteiger partial charge >= 0.3 is 0 Å². The molecule has 0 radical (unpaired) electrons. The molecule has 2 aliphatic rings. The van der Waals surface area contributed by atoms with Crippen molar-refractivity contribution in [1.82, 2.24) is 20.3 Å². The maximum atomic E-state index is 11.8. The van der Waals surface area contributed by atoms with Crippen LogP contribution in [0, 0.1) is 0 Å². The molecule has 0 unspecified atom stereocenters. The van der Waals surface area contributed by atoms with E-state index in [4.69, 9.17) is 36.3 Å². The highest BCUT2D eigenvalue weighted by Gasteiger charge is 2.48. The predicted octanol–water partition coefficient (Wildman–Crippen LogP) is 2.20. The second-order valence-electron chi connectivity index (χ2n) is 9.37. The first-order valence-corrected chi connectivity index (χ1v) is 13.2. The van der Waals surface area contributed by atoms with E-state index in [1.54, 1.807) is 6.07 Å². The Kier molecular flexibility index (Phi) is 8.60. The molecular weight excluding hydrogens is 514 g/mol. The molecule has 3 aromatic rings. The van der Waals surface area contributed by atoms with Crippen LogP contribution in [0.4, 0.5) is 0 Å². The van der Waals surface area contributed by atoms with Crippen LogP contribution < -0.4 is 20.5 Å². The number of fused-ring (bicyclic) bond motifs is 2. The molecule has 0 aliphatic carbocycles. The number of ether oxygens (including phenoxy) is 4. The number of hydrogen-bond acceptors (Lipinski definition) is 9. The van der Waals surface area contributed by atoms with Gasteiger partial charge in [-0.1, -0.05) is 18.0 Å². The smallest absolute Gasteiger partial charge is 0.296 e. The number of hydrogen-bond donors (Lipinski definition) is 4. The summed E-state index contributed by atoms with van der Waals surface area (Å²) in [4.78, 5) is 24.0. The van der Waals surface area contributed by atoms with Gasteiger partial charge in [0.2, 0.25) is 5.91 Å². The summed E-state index contributed by atoms with van der Waals surface area (Å²) in [6.45, 7) is 1.99. The molecule has 2 fully saturated rings. The van der Waals surface area contributed by atoms with E-state index in [2.05, 4.69) is 20.3 Å².